The average Bonchev–Trinajstić information content (AvgIpc) is 3.33. The quantitative estimate of drug-likeness (QED) is 0.694. The maximum absolute atomic E-state index is 13.2. The first-order valence-corrected chi connectivity index (χ1v) is 10.3. The first-order valence-electron chi connectivity index (χ1n) is 10.3. The van der Waals surface area contributed by atoms with Gasteiger partial charge in [-0.2, -0.15) is 0 Å². The summed E-state index contributed by atoms with van der Waals surface area (Å²) in [6.45, 7) is 7.71. The lowest BCUT2D eigenvalue weighted by Crippen LogP contribution is -2.50. The van der Waals surface area contributed by atoms with Crippen molar-refractivity contribution in [3.05, 3.63) is 35.9 Å². The standard InChI is InChI=1S/C22H30O8/c1-21(2)27-12-14(28-21)17(23)16(20(24)26-10-13-8-6-5-7-9-13)19-18-15(11-25-19)29-22(3,4)30-18/h5-9,14-19,23H,10-12H2,1-4H3/t14-,15+,16+,17+,18+,19-/m1/s1. The second-order valence-electron chi connectivity index (χ2n) is 8.91. The molecule has 0 aromatic heterocycles. The zero-order valence-corrected chi connectivity index (χ0v) is 17.8. The van der Waals surface area contributed by atoms with Crippen molar-refractivity contribution >= 4 is 5.97 Å². The van der Waals surface area contributed by atoms with Gasteiger partial charge in [-0.05, 0) is 33.3 Å². The summed E-state index contributed by atoms with van der Waals surface area (Å²) in [5.74, 6) is -3.20. The fourth-order valence-electron chi connectivity index (χ4n) is 4.29. The maximum atomic E-state index is 13.2. The van der Waals surface area contributed by atoms with E-state index in [4.69, 9.17) is 28.4 Å². The number of carbonyl (C=O) groups is 1. The van der Waals surface area contributed by atoms with Crippen LogP contribution >= 0.6 is 0 Å². The van der Waals surface area contributed by atoms with Crippen molar-refractivity contribution in [2.75, 3.05) is 13.2 Å². The molecule has 3 aliphatic heterocycles. The van der Waals surface area contributed by atoms with Crippen molar-refractivity contribution in [1.29, 1.82) is 0 Å². The number of benzene rings is 1. The molecule has 3 heterocycles. The van der Waals surface area contributed by atoms with Gasteiger partial charge in [0.15, 0.2) is 11.6 Å². The Balaban J connectivity index is 1.53. The van der Waals surface area contributed by atoms with Crippen LogP contribution in [-0.4, -0.2) is 66.4 Å². The van der Waals surface area contributed by atoms with Gasteiger partial charge in [-0.3, -0.25) is 4.79 Å². The number of aliphatic hydroxyl groups excluding tert-OH is 1. The van der Waals surface area contributed by atoms with E-state index in [-0.39, 0.29) is 25.9 Å². The van der Waals surface area contributed by atoms with E-state index >= 15 is 0 Å². The fourth-order valence-corrected chi connectivity index (χ4v) is 4.29. The second kappa shape index (κ2) is 8.18. The van der Waals surface area contributed by atoms with Gasteiger partial charge in [0.05, 0.1) is 19.3 Å². The number of esters is 1. The smallest absolute Gasteiger partial charge is 0.314 e. The summed E-state index contributed by atoms with van der Waals surface area (Å²) >= 11 is 0. The van der Waals surface area contributed by atoms with E-state index in [0.717, 1.165) is 5.56 Å². The molecule has 166 valence electrons. The molecule has 3 fully saturated rings. The Morgan fingerprint density at radius 3 is 2.50 bits per heavy atom. The Morgan fingerprint density at radius 2 is 1.83 bits per heavy atom. The zero-order chi connectivity index (χ0) is 21.5. The van der Waals surface area contributed by atoms with Crippen LogP contribution in [0, 0.1) is 5.92 Å². The number of fused-ring (bicyclic) bond motifs is 1. The first-order chi connectivity index (χ1) is 14.2. The number of hydrogen-bond donors (Lipinski definition) is 1. The Bertz CT molecular complexity index is 749. The highest BCUT2D eigenvalue weighted by molar-refractivity contribution is 5.74. The lowest BCUT2D eigenvalue weighted by molar-refractivity contribution is -0.200. The van der Waals surface area contributed by atoms with Crippen LogP contribution in [0.2, 0.25) is 0 Å². The maximum Gasteiger partial charge on any atom is 0.314 e. The van der Waals surface area contributed by atoms with E-state index in [1.54, 1.807) is 13.8 Å². The second-order valence-corrected chi connectivity index (χ2v) is 8.91. The summed E-state index contributed by atoms with van der Waals surface area (Å²) < 4.78 is 34.7. The highest BCUT2D eigenvalue weighted by Crippen LogP contribution is 2.40. The van der Waals surface area contributed by atoms with Gasteiger partial charge in [0.1, 0.15) is 36.9 Å². The predicted octanol–water partition coefficient (Wildman–Crippen LogP) is 1.78. The van der Waals surface area contributed by atoms with Gasteiger partial charge >= 0.3 is 5.97 Å². The van der Waals surface area contributed by atoms with Crippen LogP contribution in [0.3, 0.4) is 0 Å². The molecule has 3 aliphatic rings. The molecular formula is C22H30O8. The molecular weight excluding hydrogens is 392 g/mol. The minimum absolute atomic E-state index is 0.0973. The monoisotopic (exact) mass is 422 g/mol. The molecule has 1 aromatic rings. The van der Waals surface area contributed by atoms with Crippen LogP contribution < -0.4 is 0 Å². The zero-order valence-electron chi connectivity index (χ0n) is 17.8. The fraction of sp³-hybridized carbons (Fsp3) is 0.682. The van der Waals surface area contributed by atoms with Crippen molar-refractivity contribution in [2.45, 2.75) is 76.4 Å². The molecule has 8 heteroatoms. The summed E-state index contributed by atoms with van der Waals surface area (Å²) in [5, 5.41) is 11.1. The summed E-state index contributed by atoms with van der Waals surface area (Å²) in [6.07, 6.45) is -3.39. The van der Waals surface area contributed by atoms with Crippen molar-refractivity contribution < 1.29 is 38.3 Å². The van der Waals surface area contributed by atoms with E-state index in [0.29, 0.717) is 0 Å². The summed E-state index contributed by atoms with van der Waals surface area (Å²) in [6, 6.07) is 9.37. The van der Waals surface area contributed by atoms with Gasteiger partial charge in [-0.1, -0.05) is 30.3 Å². The van der Waals surface area contributed by atoms with E-state index < -0.39 is 47.9 Å². The molecule has 1 N–H and O–H groups in total. The molecule has 0 saturated carbocycles. The number of carbonyl (C=O) groups excluding carboxylic acids is 1. The summed E-state index contributed by atoms with van der Waals surface area (Å²) in [7, 11) is 0. The van der Waals surface area contributed by atoms with Crippen LogP contribution in [0.1, 0.15) is 33.3 Å². The largest absolute Gasteiger partial charge is 0.460 e. The third-order valence-corrected chi connectivity index (χ3v) is 5.63. The Kier molecular flexibility index (Phi) is 5.91. The van der Waals surface area contributed by atoms with Crippen molar-refractivity contribution in [2.24, 2.45) is 5.92 Å². The van der Waals surface area contributed by atoms with Gasteiger partial charge in [0.25, 0.3) is 0 Å². The topological polar surface area (TPSA) is 92.7 Å². The normalized spacial score (nSPS) is 33.8. The SMILES string of the molecule is CC1(C)O[C@@H]2[C@@H]([C@@H](C(=O)OCc3ccccc3)[C@@H](O)[C@H]3COC(C)(C)O3)OC[C@@H]2O1. The van der Waals surface area contributed by atoms with E-state index in [2.05, 4.69) is 0 Å². The van der Waals surface area contributed by atoms with Crippen molar-refractivity contribution in [3.8, 4) is 0 Å². The molecule has 0 unspecified atom stereocenters. The highest BCUT2D eigenvalue weighted by Gasteiger charge is 2.57. The Labute approximate surface area is 176 Å². The van der Waals surface area contributed by atoms with Gasteiger partial charge in [-0.15, -0.1) is 0 Å². The minimum Gasteiger partial charge on any atom is -0.460 e. The molecule has 6 atom stereocenters. The van der Waals surface area contributed by atoms with Crippen molar-refractivity contribution in [3.63, 3.8) is 0 Å². The van der Waals surface area contributed by atoms with Gasteiger partial charge in [-0.25, -0.2) is 0 Å². The van der Waals surface area contributed by atoms with Crippen LogP contribution in [0.5, 0.6) is 0 Å². The molecule has 8 nitrogen and oxygen atoms in total. The Hall–Kier alpha value is -1.55. The number of hydrogen-bond acceptors (Lipinski definition) is 8. The summed E-state index contributed by atoms with van der Waals surface area (Å²) in [5.41, 5.74) is 0.854. The molecule has 0 bridgehead atoms. The molecule has 3 saturated heterocycles. The third kappa shape index (κ3) is 4.54. The number of ether oxygens (including phenoxy) is 6. The molecule has 1 aromatic carbocycles. The van der Waals surface area contributed by atoms with E-state index in [1.165, 1.54) is 0 Å². The van der Waals surface area contributed by atoms with E-state index in [1.807, 2.05) is 44.2 Å². The lowest BCUT2D eigenvalue weighted by atomic mass is 9.89. The predicted molar refractivity (Wildman–Crippen MR) is 104 cm³/mol. The van der Waals surface area contributed by atoms with Crippen LogP contribution in [0.15, 0.2) is 30.3 Å². The first kappa shape index (κ1) is 21.7. The lowest BCUT2D eigenvalue weighted by Gasteiger charge is -2.32. The molecule has 0 spiro atoms. The molecule has 30 heavy (non-hydrogen) atoms. The number of rotatable bonds is 6. The van der Waals surface area contributed by atoms with Gasteiger partial charge < -0.3 is 33.5 Å². The van der Waals surface area contributed by atoms with Crippen molar-refractivity contribution in [1.82, 2.24) is 0 Å². The minimum atomic E-state index is -1.19. The van der Waals surface area contributed by atoms with Gasteiger partial charge in [0, 0.05) is 0 Å². The number of aliphatic hydroxyl groups is 1. The van der Waals surface area contributed by atoms with Crippen LogP contribution in [-0.2, 0) is 39.8 Å². The molecule has 0 amide bonds. The molecule has 4 rings (SSSR count). The van der Waals surface area contributed by atoms with E-state index in [9.17, 15) is 9.90 Å². The summed E-state index contributed by atoms with van der Waals surface area (Å²) in [4.78, 5) is 13.2. The average molecular weight is 422 g/mol. The third-order valence-electron chi connectivity index (χ3n) is 5.63. The van der Waals surface area contributed by atoms with Crippen LogP contribution in [0.4, 0.5) is 0 Å². The Morgan fingerprint density at radius 1 is 1.10 bits per heavy atom. The highest BCUT2D eigenvalue weighted by atomic mass is 16.8. The molecule has 0 aliphatic carbocycles. The van der Waals surface area contributed by atoms with Crippen LogP contribution in [0.25, 0.3) is 0 Å². The molecule has 0 radical (unpaired) electrons. The van der Waals surface area contributed by atoms with Gasteiger partial charge in [0.2, 0.25) is 0 Å².